The molecule has 2 heteroatoms. The summed E-state index contributed by atoms with van der Waals surface area (Å²) in [6.07, 6.45) is 10.5. The third kappa shape index (κ3) is 3.31. The fourth-order valence-electron chi connectivity index (χ4n) is 2.80. The molecule has 1 aliphatic carbocycles. The molecule has 1 heterocycles. The summed E-state index contributed by atoms with van der Waals surface area (Å²) in [6.45, 7) is 3.30. The van der Waals surface area contributed by atoms with Crippen LogP contribution in [-0.2, 0) is 6.42 Å². The van der Waals surface area contributed by atoms with E-state index in [1.807, 2.05) is 12.4 Å². The fraction of sp³-hybridized carbons (Fsp3) is 0.643. The van der Waals surface area contributed by atoms with Crippen molar-refractivity contribution in [2.75, 3.05) is 6.54 Å². The van der Waals surface area contributed by atoms with Gasteiger partial charge in [0.1, 0.15) is 0 Å². The third-order valence-electron chi connectivity index (χ3n) is 3.55. The summed E-state index contributed by atoms with van der Waals surface area (Å²) in [6, 6.07) is 5.05. The van der Waals surface area contributed by atoms with Crippen molar-refractivity contribution in [1.82, 2.24) is 10.3 Å². The Morgan fingerprint density at radius 1 is 1.31 bits per heavy atom. The van der Waals surface area contributed by atoms with Gasteiger partial charge in [0.05, 0.1) is 0 Å². The van der Waals surface area contributed by atoms with Gasteiger partial charge in [0.15, 0.2) is 0 Å². The smallest absolute Gasteiger partial charge is 0.0270 e. The number of hydrogen-bond donors (Lipinski definition) is 1. The first-order valence-corrected chi connectivity index (χ1v) is 6.50. The van der Waals surface area contributed by atoms with Crippen molar-refractivity contribution in [3.63, 3.8) is 0 Å². The van der Waals surface area contributed by atoms with E-state index in [1.54, 1.807) is 0 Å². The Morgan fingerprint density at radius 2 is 2.12 bits per heavy atom. The molecule has 2 nitrogen and oxygen atoms in total. The predicted molar refractivity (Wildman–Crippen MR) is 67.4 cm³/mol. The van der Waals surface area contributed by atoms with Crippen LogP contribution in [0, 0.1) is 5.92 Å². The fourth-order valence-corrected chi connectivity index (χ4v) is 2.80. The lowest BCUT2D eigenvalue weighted by molar-refractivity contribution is 0.287. The van der Waals surface area contributed by atoms with Crippen molar-refractivity contribution in [2.45, 2.75) is 45.1 Å². The van der Waals surface area contributed by atoms with Crippen LogP contribution >= 0.6 is 0 Å². The van der Waals surface area contributed by atoms with E-state index in [1.165, 1.54) is 37.7 Å². The van der Waals surface area contributed by atoms with Gasteiger partial charge >= 0.3 is 0 Å². The van der Waals surface area contributed by atoms with Gasteiger partial charge in [0.25, 0.3) is 0 Å². The monoisotopic (exact) mass is 218 g/mol. The maximum absolute atomic E-state index is 4.07. The average Bonchev–Trinajstić information content (AvgIpc) is 2.31. The van der Waals surface area contributed by atoms with Gasteiger partial charge in [-0.05, 0) is 49.4 Å². The van der Waals surface area contributed by atoms with Gasteiger partial charge in [0, 0.05) is 18.4 Å². The zero-order chi connectivity index (χ0) is 11.2. The Kier molecular flexibility index (Phi) is 4.34. The molecule has 1 saturated carbocycles. The quantitative estimate of drug-likeness (QED) is 0.840. The lowest BCUT2D eigenvalue weighted by atomic mass is 9.82. The van der Waals surface area contributed by atoms with Crippen molar-refractivity contribution < 1.29 is 0 Å². The molecule has 2 unspecified atom stereocenters. The summed E-state index contributed by atoms with van der Waals surface area (Å²) in [5, 5.41) is 3.59. The molecule has 1 aromatic rings. The normalized spacial score (nSPS) is 25.6. The molecule has 2 atom stereocenters. The minimum atomic E-state index is 0.755. The van der Waals surface area contributed by atoms with E-state index >= 15 is 0 Å². The van der Waals surface area contributed by atoms with Crippen LogP contribution in [0.3, 0.4) is 0 Å². The van der Waals surface area contributed by atoms with Crippen LogP contribution in [0.4, 0.5) is 0 Å². The molecule has 1 fully saturated rings. The van der Waals surface area contributed by atoms with Crippen LogP contribution in [0.5, 0.6) is 0 Å². The second kappa shape index (κ2) is 6.00. The molecule has 0 saturated heterocycles. The SMILES string of the molecule is CCNC1CCCC(Cc2ccncc2)C1. The molecule has 88 valence electrons. The van der Waals surface area contributed by atoms with E-state index in [-0.39, 0.29) is 0 Å². The van der Waals surface area contributed by atoms with Crippen molar-refractivity contribution in [3.8, 4) is 0 Å². The molecule has 0 bridgehead atoms. The summed E-state index contributed by atoms with van der Waals surface area (Å²) in [4.78, 5) is 4.07. The molecular weight excluding hydrogens is 196 g/mol. The van der Waals surface area contributed by atoms with Crippen LogP contribution in [0.15, 0.2) is 24.5 Å². The Morgan fingerprint density at radius 3 is 2.88 bits per heavy atom. The van der Waals surface area contributed by atoms with Crippen molar-refractivity contribution in [2.24, 2.45) is 5.92 Å². The van der Waals surface area contributed by atoms with E-state index in [0.717, 1.165) is 18.5 Å². The standard InChI is InChI=1S/C14H22N2/c1-2-16-14-5-3-4-13(11-14)10-12-6-8-15-9-7-12/h6-9,13-14,16H,2-5,10-11H2,1H3. The second-order valence-corrected chi connectivity index (χ2v) is 4.85. The second-order valence-electron chi connectivity index (χ2n) is 4.85. The number of aromatic nitrogens is 1. The topological polar surface area (TPSA) is 24.9 Å². The van der Waals surface area contributed by atoms with E-state index in [0.29, 0.717) is 0 Å². The highest BCUT2D eigenvalue weighted by molar-refractivity contribution is 5.10. The van der Waals surface area contributed by atoms with E-state index in [4.69, 9.17) is 0 Å². The zero-order valence-corrected chi connectivity index (χ0v) is 10.2. The Labute approximate surface area is 98.5 Å². The van der Waals surface area contributed by atoms with Crippen LogP contribution in [0.2, 0.25) is 0 Å². The first kappa shape index (κ1) is 11.6. The Balaban J connectivity index is 1.85. The number of pyridine rings is 1. The summed E-state index contributed by atoms with van der Waals surface area (Å²) in [5.74, 6) is 0.861. The lowest BCUT2D eigenvalue weighted by Gasteiger charge is -2.29. The Bertz CT molecular complexity index is 295. The highest BCUT2D eigenvalue weighted by Gasteiger charge is 2.21. The van der Waals surface area contributed by atoms with Gasteiger partial charge in [-0.1, -0.05) is 19.8 Å². The van der Waals surface area contributed by atoms with E-state index in [9.17, 15) is 0 Å². The molecule has 0 radical (unpaired) electrons. The summed E-state index contributed by atoms with van der Waals surface area (Å²) >= 11 is 0. The number of nitrogens with one attached hydrogen (secondary N) is 1. The molecule has 1 aliphatic rings. The maximum Gasteiger partial charge on any atom is 0.0270 e. The summed E-state index contributed by atoms with van der Waals surface area (Å²) in [7, 11) is 0. The number of nitrogens with zero attached hydrogens (tertiary/aromatic N) is 1. The van der Waals surface area contributed by atoms with Crippen molar-refractivity contribution >= 4 is 0 Å². The largest absolute Gasteiger partial charge is 0.314 e. The average molecular weight is 218 g/mol. The molecule has 16 heavy (non-hydrogen) atoms. The Hall–Kier alpha value is -0.890. The third-order valence-corrected chi connectivity index (χ3v) is 3.55. The maximum atomic E-state index is 4.07. The van der Waals surface area contributed by atoms with Crippen LogP contribution in [0.25, 0.3) is 0 Å². The van der Waals surface area contributed by atoms with E-state index in [2.05, 4.69) is 29.4 Å². The van der Waals surface area contributed by atoms with Gasteiger partial charge < -0.3 is 5.32 Å². The molecule has 1 aromatic heterocycles. The zero-order valence-electron chi connectivity index (χ0n) is 10.2. The molecule has 2 rings (SSSR count). The van der Waals surface area contributed by atoms with E-state index < -0.39 is 0 Å². The molecular formula is C14H22N2. The van der Waals surface area contributed by atoms with Crippen molar-refractivity contribution in [3.05, 3.63) is 30.1 Å². The molecule has 0 aliphatic heterocycles. The van der Waals surface area contributed by atoms with Crippen LogP contribution < -0.4 is 5.32 Å². The van der Waals surface area contributed by atoms with Gasteiger partial charge in [-0.25, -0.2) is 0 Å². The summed E-state index contributed by atoms with van der Waals surface area (Å²) < 4.78 is 0. The van der Waals surface area contributed by atoms with Crippen LogP contribution in [-0.4, -0.2) is 17.6 Å². The summed E-state index contributed by atoms with van der Waals surface area (Å²) in [5.41, 5.74) is 1.44. The van der Waals surface area contributed by atoms with Gasteiger partial charge in [-0.2, -0.15) is 0 Å². The molecule has 0 amide bonds. The number of rotatable bonds is 4. The first-order valence-electron chi connectivity index (χ1n) is 6.50. The van der Waals surface area contributed by atoms with Gasteiger partial charge in [-0.15, -0.1) is 0 Å². The minimum Gasteiger partial charge on any atom is -0.314 e. The minimum absolute atomic E-state index is 0.755. The number of hydrogen-bond acceptors (Lipinski definition) is 2. The lowest BCUT2D eigenvalue weighted by Crippen LogP contribution is -2.34. The van der Waals surface area contributed by atoms with Gasteiger partial charge in [0.2, 0.25) is 0 Å². The molecule has 0 aromatic carbocycles. The van der Waals surface area contributed by atoms with Gasteiger partial charge in [-0.3, -0.25) is 4.98 Å². The highest BCUT2D eigenvalue weighted by Crippen LogP contribution is 2.27. The highest BCUT2D eigenvalue weighted by atomic mass is 14.9. The first-order chi connectivity index (χ1) is 7.88. The predicted octanol–water partition coefficient (Wildman–Crippen LogP) is 2.79. The van der Waals surface area contributed by atoms with Crippen molar-refractivity contribution in [1.29, 1.82) is 0 Å². The molecule has 0 spiro atoms. The van der Waals surface area contributed by atoms with Crippen LogP contribution in [0.1, 0.15) is 38.2 Å². The molecule has 1 N–H and O–H groups in total.